The van der Waals surface area contributed by atoms with E-state index in [0.29, 0.717) is 17.8 Å². The van der Waals surface area contributed by atoms with E-state index in [0.717, 1.165) is 18.8 Å². The first kappa shape index (κ1) is 15.1. The van der Waals surface area contributed by atoms with Crippen LogP contribution in [0.3, 0.4) is 0 Å². The fourth-order valence-corrected chi connectivity index (χ4v) is 3.15. The third kappa shape index (κ3) is 2.89. The van der Waals surface area contributed by atoms with Crippen LogP contribution in [0.25, 0.3) is 0 Å². The zero-order valence-corrected chi connectivity index (χ0v) is 12.9. The summed E-state index contributed by atoms with van der Waals surface area (Å²) >= 11 is 0. The minimum atomic E-state index is -3.71. The van der Waals surface area contributed by atoms with Gasteiger partial charge in [0.1, 0.15) is 0 Å². The molecule has 0 bridgehead atoms. The number of nitrogens with two attached hydrogens (primary N) is 2. The van der Waals surface area contributed by atoms with Crippen LogP contribution in [-0.2, 0) is 10.0 Å². The average molecular weight is 298 g/mol. The van der Waals surface area contributed by atoms with Gasteiger partial charge < -0.3 is 10.6 Å². The first-order valence-corrected chi connectivity index (χ1v) is 8.14. The highest BCUT2D eigenvalue weighted by Gasteiger charge is 2.27. The van der Waals surface area contributed by atoms with Gasteiger partial charge in [0.2, 0.25) is 10.0 Å². The molecule has 1 aromatic rings. The summed E-state index contributed by atoms with van der Waals surface area (Å²) in [6.07, 6.45) is 0. The Kier molecular flexibility index (Phi) is 3.95. The van der Waals surface area contributed by atoms with E-state index in [4.69, 9.17) is 10.9 Å². The van der Waals surface area contributed by atoms with Crippen LogP contribution in [-0.4, -0.2) is 45.5 Å². The number of hydrogen-bond donors (Lipinski definition) is 2. The molecule has 2 rings (SSSR count). The molecule has 6 nitrogen and oxygen atoms in total. The number of nitrogens with zero attached hydrogens (tertiary/aromatic N) is 2. The summed E-state index contributed by atoms with van der Waals surface area (Å²) in [6, 6.07) is 5.50. The molecule has 0 radical (unpaired) electrons. The Bertz CT molecular complexity index is 590. The van der Waals surface area contributed by atoms with Gasteiger partial charge in [0.25, 0.3) is 0 Å². The van der Waals surface area contributed by atoms with Gasteiger partial charge in [-0.15, -0.1) is 0 Å². The van der Waals surface area contributed by atoms with Crippen LogP contribution in [0.1, 0.15) is 13.8 Å². The summed E-state index contributed by atoms with van der Waals surface area (Å²) in [4.78, 5) is 4.57. The van der Waals surface area contributed by atoms with Crippen molar-refractivity contribution in [1.29, 1.82) is 0 Å². The van der Waals surface area contributed by atoms with Gasteiger partial charge in [0.15, 0.2) is 0 Å². The van der Waals surface area contributed by atoms with Gasteiger partial charge >= 0.3 is 0 Å². The molecular formula is C13H22N4O2S. The zero-order chi connectivity index (χ0) is 15.1. The number of primary sulfonamides is 1. The summed E-state index contributed by atoms with van der Waals surface area (Å²) in [5.74, 6) is 0. The summed E-state index contributed by atoms with van der Waals surface area (Å²) in [6.45, 7) is 6.05. The molecule has 1 heterocycles. The fourth-order valence-electron chi connectivity index (χ4n) is 2.60. The van der Waals surface area contributed by atoms with Crippen molar-refractivity contribution < 1.29 is 8.42 Å². The van der Waals surface area contributed by atoms with Crippen molar-refractivity contribution >= 4 is 21.4 Å². The first-order valence-electron chi connectivity index (χ1n) is 6.59. The number of hydrogen-bond acceptors (Lipinski definition) is 5. The van der Waals surface area contributed by atoms with Crippen molar-refractivity contribution in [3.63, 3.8) is 0 Å². The molecule has 1 saturated heterocycles. The predicted octanol–water partition coefficient (Wildman–Crippen LogP) is 0.445. The summed E-state index contributed by atoms with van der Waals surface area (Å²) in [7, 11) is -1.60. The average Bonchev–Trinajstić information content (AvgIpc) is 2.34. The Hall–Kier alpha value is -1.31. The Morgan fingerprint density at radius 2 is 1.75 bits per heavy atom. The largest absolute Gasteiger partial charge is 0.397 e. The molecule has 0 saturated carbocycles. The van der Waals surface area contributed by atoms with Crippen LogP contribution in [0.2, 0.25) is 0 Å². The van der Waals surface area contributed by atoms with E-state index in [-0.39, 0.29) is 4.90 Å². The van der Waals surface area contributed by atoms with E-state index in [1.165, 1.54) is 12.1 Å². The minimum absolute atomic E-state index is 0.0500. The second-order valence-corrected chi connectivity index (χ2v) is 7.10. The van der Waals surface area contributed by atoms with Gasteiger partial charge in [0, 0.05) is 25.2 Å². The van der Waals surface area contributed by atoms with E-state index in [9.17, 15) is 8.42 Å². The van der Waals surface area contributed by atoms with Crippen molar-refractivity contribution in [2.75, 3.05) is 30.8 Å². The third-order valence-electron chi connectivity index (χ3n) is 4.03. The van der Waals surface area contributed by atoms with Crippen molar-refractivity contribution in [1.82, 2.24) is 4.90 Å². The Morgan fingerprint density at radius 1 is 1.20 bits per heavy atom. The Balaban J connectivity index is 2.30. The minimum Gasteiger partial charge on any atom is -0.397 e. The normalized spacial score (nSPS) is 24.9. The molecule has 1 aromatic carbocycles. The molecule has 0 amide bonds. The number of rotatable bonds is 2. The van der Waals surface area contributed by atoms with Crippen molar-refractivity contribution in [2.24, 2.45) is 5.14 Å². The molecular weight excluding hydrogens is 276 g/mol. The van der Waals surface area contributed by atoms with Crippen LogP contribution in [0.15, 0.2) is 23.1 Å². The summed E-state index contributed by atoms with van der Waals surface area (Å²) < 4.78 is 22.6. The number of nitrogen functional groups attached to an aromatic ring is 1. The topological polar surface area (TPSA) is 92.7 Å². The molecule has 1 aliphatic heterocycles. The lowest BCUT2D eigenvalue weighted by atomic mass is 10.1. The van der Waals surface area contributed by atoms with E-state index in [1.807, 2.05) is 0 Å². The van der Waals surface area contributed by atoms with Crippen LogP contribution in [0.4, 0.5) is 11.4 Å². The SMILES string of the molecule is CC1CN(c2ccc(S(N)(=O)=O)cc2N)CC(C)N1C. The Morgan fingerprint density at radius 3 is 2.20 bits per heavy atom. The number of piperazine rings is 1. The van der Waals surface area contributed by atoms with Gasteiger partial charge in [-0.2, -0.15) is 0 Å². The lowest BCUT2D eigenvalue weighted by molar-refractivity contribution is 0.170. The molecule has 2 atom stereocenters. The molecule has 1 aliphatic rings. The van der Waals surface area contributed by atoms with E-state index < -0.39 is 10.0 Å². The van der Waals surface area contributed by atoms with Crippen LogP contribution >= 0.6 is 0 Å². The monoisotopic (exact) mass is 298 g/mol. The quantitative estimate of drug-likeness (QED) is 0.773. The van der Waals surface area contributed by atoms with Crippen molar-refractivity contribution in [2.45, 2.75) is 30.8 Å². The summed E-state index contributed by atoms with van der Waals surface area (Å²) in [5.41, 5.74) is 7.31. The van der Waals surface area contributed by atoms with E-state index >= 15 is 0 Å². The maximum absolute atomic E-state index is 11.3. The lowest BCUT2D eigenvalue weighted by Crippen LogP contribution is -2.55. The second kappa shape index (κ2) is 5.23. The van der Waals surface area contributed by atoms with Gasteiger partial charge in [-0.3, -0.25) is 4.90 Å². The van der Waals surface area contributed by atoms with E-state index in [1.54, 1.807) is 6.07 Å². The smallest absolute Gasteiger partial charge is 0.238 e. The lowest BCUT2D eigenvalue weighted by Gasteiger charge is -2.43. The highest BCUT2D eigenvalue weighted by atomic mass is 32.2. The maximum atomic E-state index is 11.3. The number of likely N-dealkylation sites (N-methyl/N-ethyl adjacent to an activating group) is 1. The van der Waals surface area contributed by atoms with Crippen LogP contribution in [0.5, 0.6) is 0 Å². The van der Waals surface area contributed by atoms with Crippen LogP contribution < -0.4 is 15.8 Å². The molecule has 1 fully saturated rings. The fraction of sp³-hybridized carbons (Fsp3) is 0.538. The van der Waals surface area contributed by atoms with Crippen molar-refractivity contribution in [3.05, 3.63) is 18.2 Å². The number of benzene rings is 1. The molecule has 0 aromatic heterocycles. The second-order valence-electron chi connectivity index (χ2n) is 5.53. The standard InChI is InChI=1S/C13H22N4O2S/c1-9-7-17(8-10(2)16(9)3)13-5-4-11(6-12(13)14)20(15,18)19/h4-6,9-10H,7-8,14H2,1-3H3,(H2,15,18,19). The molecule has 0 spiro atoms. The van der Waals surface area contributed by atoms with Gasteiger partial charge in [0.05, 0.1) is 16.3 Å². The highest BCUT2D eigenvalue weighted by Crippen LogP contribution is 2.28. The van der Waals surface area contributed by atoms with Gasteiger partial charge in [-0.1, -0.05) is 0 Å². The zero-order valence-electron chi connectivity index (χ0n) is 12.1. The highest BCUT2D eigenvalue weighted by molar-refractivity contribution is 7.89. The molecule has 112 valence electrons. The van der Waals surface area contributed by atoms with Gasteiger partial charge in [-0.25, -0.2) is 13.6 Å². The van der Waals surface area contributed by atoms with Crippen LogP contribution in [0, 0.1) is 0 Å². The molecule has 4 N–H and O–H groups in total. The number of sulfonamides is 1. The molecule has 2 unspecified atom stereocenters. The maximum Gasteiger partial charge on any atom is 0.238 e. The molecule has 7 heteroatoms. The molecule has 0 aliphatic carbocycles. The van der Waals surface area contributed by atoms with Gasteiger partial charge in [-0.05, 0) is 39.1 Å². The van der Waals surface area contributed by atoms with E-state index in [2.05, 4.69) is 30.7 Å². The summed E-state index contributed by atoms with van der Waals surface area (Å²) in [5, 5.41) is 5.11. The third-order valence-corrected chi connectivity index (χ3v) is 4.94. The Labute approximate surface area is 120 Å². The molecule has 20 heavy (non-hydrogen) atoms. The predicted molar refractivity (Wildman–Crippen MR) is 81.1 cm³/mol. The van der Waals surface area contributed by atoms with Crippen molar-refractivity contribution in [3.8, 4) is 0 Å². The first-order chi connectivity index (χ1) is 9.20. The number of anilines is 2.